The number of nitrogens with zero attached hydrogens (tertiary/aromatic N) is 6. The summed E-state index contributed by atoms with van der Waals surface area (Å²) in [5, 5.41) is 9.10. The zero-order valence-corrected chi connectivity index (χ0v) is 19.4. The van der Waals surface area contributed by atoms with Gasteiger partial charge in [-0.1, -0.05) is 19.0 Å². The van der Waals surface area contributed by atoms with E-state index in [1.165, 1.54) is 6.26 Å². The standard InChI is InChI=1S/C19H24N6O3S.C2H6/c1-24-9-5-6-12(24)11-25-18-14(10-20-25)19(29(2,26)27)22-17(21-18)16-13-7-3-4-8-15(13)28-23-16;1-2/h10,12H,3-9,11H2,1-2H3;1-2H3. The van der Waals surface area contributed by atoms with E-state index >= 15 is 0 Å². The molecule has 2 aliphatic rings. The van der Waals surface area contributed by atoms with Crippen LogP contribution in [0.15, 0.2) is 15.7 Å². The van der Waals surface area contributed by atoms with E-state index in [0.717, 1.165) is 56.4 Å². The highest BCUT2D eigenvalue weighted by atomic mass is 32.2. The van der Waals surface area contributed by atoms with E-state index in [9.17, 15) is 8.42 Å². The van der Waals surface area contributed by atoms with Crippen molar-refractivity contribution in [2.45, 2.75) is 70.0 Å². The molecule has 10 heteroatoms. The molecule has 0 amide bonds. The molecule has 0 radical (unpaired) electrons. The number of aromatic nitrogens is 5. The fourth-order valence-corrected chi connectivity index (χ4v) is 5.22. The van der Waals surface area contributed by atoms with Crippen molar-refractivity contribution < 1.29 is 12.9 Å². The number of sulfone groups is 1. The van der Waals surface area contributed by atoms with E-state index in [-0.39, 0.29) is 5.03 Å². The smallest absolute Gasteiger partial charge is 0.193 e. The van der Waals surface area contributed by atoms with Crippen molar-refractivity contribution in [3.63, 3.8) is 0 Å². The highest BCUT2D eigenvalue weighted by Crippen LogP contribution is 2.32. The molecule has 0 saturated carbocycles. The van der Waals surface area contributed by atoms with Crippen molar-refractivity contribution in [2.24, 2.45) is 0 Å². The third-order valence-electron chi connectivity index (χ3n) is 6.03. The molecule has 168 valence electrons. The maximum atomic E-state index is 12.5. The van der Waals surface area contributed by atoms with E-state index in [4.69, 9.17) is 9.51 Å². The second-order valence-electron chi connectivity index (χ2n) is 8.11. The van der Waals surface area contributed by atoms with E-state index in [1.807, 2.05) is 13.8 Å². The first kappa shape index (κ1) is 21.9. The quantitative estimate of drug-likeness (QED) is 0.563. The number of likely N-dealkylation sites (tertiary alicyclic amines) is 1. The van der Waals surface area contributed by atoms with Crippen LogP contribution in [0.4, 0.5) is 0 Å². The Labute approximate surface area is 182 Å². The number of hydrogen-bond acceptors (Lipinski definition) is 8. The maximum Gasteiger partial charge on any atom is 0.193 e. The Morgan fingerprint density at radius 2 is 1.94 bits per heavy atom. The summed E-state index contributed by atoms with van der Waals surface area (Å²) in [6.45, 7) is 5.72. The highest BCUT2D eigenvalue weighted by molar-refractivity contribution is 7.90. The monoisotopic (exact) mass is 446 g/mol. The van der Waals surface area contributed by atoms with Gasteiger partial charge in [0.25, 0.3) is 0 Å². The average Bonchev–Trinajstić information content (AvgIpc) is 3.47. The lowest BCUT2D eigenvalue weighted by Gasteiger charge is -2.19. The van der Waals surface area contributed by atoms with Gasteiger partial charge < -0.3 is 9.42 Å². The molecular formula is C21H30N6O3S. The Bertz CT molecular complexity index is 1180. The lowest BCUT2D eigenvalue weighted by atomic mass is 9.96. The van der Waals surface area contributed by atoms with Crippen LogP contribution in [-0.4, -0.2) is 64.1 Å². The van der Waals surface area contributed by atoms with Crippen molar-refractivity contribution in [3.05, 3.63) is 17.5 Å². The maximum absolute atomic E-state index is 12.5. The molecule has 1 unspecified atom stereocenters. The molecule has 5 rings (SSSR count). The van der Waals surface area contributed by atoms with Gasteiger partial charge in [0.15, 0.2) is 32.0 Å². The molecule has 3 aromatic rings. The summed E-state index contributed by atoms with van der Waals surface area (Å²) in [5.41, 5.74) is 2.08. The molecule has 0 spiro atoms. The van der Waals surface area contributed by atoms with Crippen molar-refractivity contribution in [1.82, 2.24) is 29.8 Å². The molecule has 0 bridgehead atoms. The second kappa shape index (κ2) is 8.66. The third kappa shape index (κ3) is 4.10. The van der Waals surface area contributed by atoms with Crippen LogP contribution in [0, 0.1) is 0 Å². The third-order valence-corrected chi connectivity index (χ3v) is 7.04. The largest absolute Gasteiger partial charge is 0.360 e. The van der Waals surface area contributed by atoms with Crippen molar-refractivity contribution >= 4 is 20.9 Å². The van der Waals surface area contributed by atoms with Gasteiger partial charge >= 0.3 is 0 Å². The highest BCUT2D eigenvalue weighted by Gasteiger charge is 2.28. The summed E-state index contributed by atoms with van der Waals surface area (Å²) in [6.07, 6.45) is 8.77. The molecular weight excluding hydrogens is 416 g/mol. The van der Waals surface area contributed by atoms with Crippen molar-refractivity contribution in [2.75, 3.05) is 19.8 Å². The Morgan fingerprint density at radius 3 is 2.65 bits per heavy atom. The Balaban J connectivity index is 0.00000112. The molecule has 0 aromatic carbocycles. The molecule has 1 aliphatic heterocycles. The molecule has 0 N–H and O–H groups in total. The lowest BCUT2D eigenvalue weighted by Crippen LogP contribution is -2.29. The van der Waals surface area contributed by atoms with Crippen LogP contribution < -0.4 is 0 Å². The second-order valence-corrected chi connectivity index (χ2v) is 10.0. The summed E-state index contributed by atoms with van der Waals surface area (Å²) in [7, 11) is -1.46. The molecule has 1 atom stereocenters. The summed E-state index contributed by atoms with van der Waals surface area (Å²) in [5.74, 6) is 1.16. The predicted molar refractivity (Wildman–Crippen MR) is 118 cm³/mol. The van der Waals surface area contributed by atoms with Crippen LogP contribution in [0.3, 0.4) is 0 Å². The minimum Gasteiger partial charge on any atom is -0.360 e. The first-order chi connectivity index (χ1) is 14.9. The molecule has 3 aromatic heterocycles. The van der Waals surface area contributed by atoms with Gasteiger partial charge in [0.2, 0.25) is 0 Å². The number of rotatable bonds is 4. The number of fused-ring (bicyclic) bond motifs is 2. The van der Waals surface area contributed by atoms with Gasteiger partial charge in [-0.2, -0.15) is 5.10 Å². The zero-order valence-electron chi connectivity index (χ0n) is 18.6. The van der Waals surface area contributed by atoms with Crippen LogP contribution in [0.25, 0.3) is 22.6 Å². The fraction of sp³-hybridized carbons (Fsp3) is 0.619. The summed E-state index contributed by atoms with van der Waals surface area (Å²) < 4.78 is 32.3. The summed E-state index contributed by atoms with van der Waals surface area (Å²) in [4.78, 5) is 11.4. The first-order valence-electron chi connectivity index (χ1n) is 11.0. The topological polar surface area (TPSA) is 107 Å². The fourth-order valence-electron chi connectivity index (χ4n) is 4.42. The summed E-state index contributed by atoms with van der Waals surface area (Å²) >= 11 is 0. The van der Waals surface area contributed by atoms with Gasteiger partial charge in [0.1, 0.15) is 5.76 Å². The van der Waals surface area contributed by atoms with Crippen LogP contribution >= 0.6 is 0 Å². The van der Waals surface area contributed by atoms with Gasteiger partial charge in [0.05, 0.1) is 18.1 Å². The number of hydrogen-bond donors (Lipinski definition) is 0. The first-order valence-corrected chi connectivity index (χ1v) is 12.9. The van der Waals surface area contributed by atoms with Gasteiger partial charge in [-0.25, -0.2) is 23.1 Å². The minimum absolute atomic E-state index is 0.00362. The van der Waals surface area contributed by atoms with E-state index in [2.05, 4.69) is 27.2 Å². The van der Waals surface area contributed by atoms with E-state index < -0.39 is 9.84 Å². The minimum atomic E-state index is -3.56. The van der Waals surface area contributed by atoms with Crippen molar-refractivity contribution in [1.29, 1.82) is 0 Å². The van der Waals surface area contributed by atoms with Gasteiger partial charge in [0, 0.05) is 24.3 Å². The van der Waals surface area contributed by atoms with Crippen LogP contribution in [0.5, 0.6) is 0 Å². The molecule has 1 fully saturated rings. The normalized spacial score (nSPS) is 19.3. The van der Waals surface area contributed by atoms with Crippen molar-refractivity contribution in [3.8, 4) is 11.5 Å². The van der Waals surface area contributed by atoms with Crippen LogP contribution in [0.2, 0.25) is 0 Å². The van der Waals surface area contributed by atoms with Crippen LogP contribution in [0.1, 0.15) is 50.9 Å². The number of aryl methyl sites for hydroxylation is 1. The predicted octanol–water partition coefficient (Wildman–Crippen LogP) is 2.88. The van der Waals surface area contributed by atoms with E-state index in [1.54, 1.807) is 10.9 Å². The van der Waals surface area contributed by atoms with Gasteiger partial charge in [-0.05, 0) is 45.7 Å². The summed E-state index contributed by atoms with van der Waals surface area (Å²) in [6, 6.07) is 0.359. The Kier molecular flexibility index (Phi) is 6.11. The molecule has 1 aliphatic carbocycles. The number of likely N-dealkylation sites (N-methyl/N-ethyl adjacent to an activating group) is 1. The van der Waals surface area contributed by atoms with Crippen LogP contribution in [-0.2, 0) is 29.2 Å². The molecule has 9 nitrogen and oxygen atoms in total. The molecule has 1 saturated heterocycles. The lowest BCUT2D eigenvalue weighted by molar-refractivity contribution is 0.276. The molecule has 4 heterocycles. The van der Waals surface area contributed by atoms with Gasteiger partial charge in [-0.15, -0.1) is 0 Å². The Hall–Kier alpha value is -2.33. The Morgan fingerprint density at radius 1 is 1.16 bits per heavy atom. The SMILES string of the molecule is CC.CN1CCCC1Cn1ncc2c(S(C)(=O)=O)nc(-c3noc4c3CCCC4)nc21. The van der Waals surface area contributed by atoms with E-state index in [0.29, 0.717) is 35.1 Å². The average molecular weight is 447 g/mol. The molecule has 31 heavy (non-hydrogen) atoms. The zero-order chi connectivity index (χ0) is 22.2. The van der Waals surface area contributed by atoms with Gasteiger partial charge in [-0.3, -0.25) is 0 Å².